The first kappa shape index (κ1) is 126. The molecule has 0 amide bonds. The van der Waals surface area contributed by atoms with Crippen molar-refractivity contribution in [3.05, 3.63) is 0 Å². The molecule has 7 heavy (non-hydrogen) atoms. The van der Waals surface area contributed by atoms with Crippen LogP contribution in [0.1, 0.15) is 0 Å². The summed E-state index contributed by atoms with van der Waals surface area (Å²) >= 11 is 0. The van der Waals surface area contributed by atoms with E-state index < -0.39 is 0 Å². The van der Waals surface area contributed by atoms with Crippen molar-refractivity contribution in [2.24, 2.45) is 0 Å². The molecule has 0 rings (SSSR count). The molecule has 0 radical (unpaired) electrons. The molecule has 0 nitrogen and oxygen atoms in total. The van der Waals surface area contributed by atoms with Crippen LogP contribution in [0.2, 0.25) is 0 Å². The molecule has 0 aromatic heterocycles. The van der Waals surface area contributed by atoms with Crippen LogP contribution in [0, 0.1) is 0 Å². The first-order valence-corrected chi connectivity index (χ1v) is 0. The van der Waals surface area contributed by atoms with Gasteiger partial charge in [-0.15, -0.1) is 0 Å². The van der Waals surface area contributed by atoms with Crippen molar-refractivity contribution < 1.29 is 64.5 Å². The van der Waals surface area contributed by atoms with Gasteiger partial charge in [0.05, 0.1) is 0 Å². The zero-order valence-corrected chi connectivity index (χ0v) is 8.27. The van der Waals surface area contributed by atoms with Crippen LogP contribution in [0.15, 0.2) is 0 Å². The molecule has 0 fully saturated rings. The molecule has 0 aliphatic rings. The maximum atomic E-state index is 0. The number of rotatable bonds is 0. The summed E-state index contributed by atoms with van der Waals surface area (Å²) in [6.45, 7) is 0. The van der Waals surface area contributed by atoms with Crippen molar-refractivity contribution in [3.8, 4) is 0 Å². The van der Waals surface area contributed by atoms with Crippen molar-refractivity contribution in [1.82, 2.24) is 0 Å². The molecule has 40 valence electrons. The Kier molecular flexibility index (Phi) is 1560. The van der Waals surface area contributed by atoms with E-state index in [1.165, 1.54) is 0 Å². The summed E-state index contributed by atoms with van der Waals surface area (Å²) in [5.74, 6) is 0. The summed E-state index contributed by atoms with van der Waals surface area (Å²) in [4.78, 5) is 0. The maximum absolute atomic E-state index is 0. The van der Waals surface area contributed by atoms with Crippen LogP contribution in [0.25, 0.3) is 0 Å². The van der Waals surface area contributed by atoms with Crippen LogP contribution in [-0.4, -0.2) is 29.6 Å². The van der Waals surface area contributed by atoms with Gasteiger partial charge in [0.25, 0.3) is 0 Å². The molecule has 0 saturated heterocycles. The Morgan fingerprint density at radius 3 is 0.571 bits per heavy atom. The van der Waals surface area contributed by atoms with E-state index in [2.05, 4.69) is 0 Å². The molecule has 0 aliphatic heterocycles. The van der Waals surface area contributed by atoms with Gasteiger partial charge in [-0.25, -0.2) is 0 Å². The molecule has 0 bridgehead atoms. The minimum atomic E-state index is 0. The van der Waals surface area contributed by atoms with Crippen molar-refractivity contribution in [3.63, 3.8) is 0 Å². The van der Waals surface area contributed by atoms with Crippen molar-refractivity contribution >= 4 is 29.6 Å². The normalized spacial score (nSPS) is 0. The minimum absolute atomic E-state index is 0. The van der Waals surface area contributed by atoms with Gasteiger partial charge in [-0.2, -0.15) is 0 Å². The van der Waals surface area contributed by atoms with Gasteiger partial charge in [0, 0.05) is 45.7 Å². The molecule has 0 unspecified atom stereocenters. The topological polar surface area (TPSA) is 0 Å². The van der Waals surface area contributed by atoms with E-state index in [0.717, 1.165) is 0 Å². The molecular weight excluding hydrogens is 256 g/mol. The Morgan fingerprint density at radius 1 is 0.571 bits per heavy atom. The molecule has 0 saturated carbocycles. The SMILES string of the molecule is F.F.F.F.[NaH].[Zn].[Zr]. The summed E-state index contributed by atoms with van der Waals surface area (Å²) in [6.07, 6.45) is 0. The van der Waals surface area contributed by atoms with E-state index in [1.807, 2.05) is 0 Å². The molecular formula is H5F4NaZnZr. The molecule has 0 heterocycles. The van der Waals surface area contributed by atoms with Crippen LogP contribution in [0.4, 0.5) is 18.8 Å². The third kappa shape index (κ3) is 64.3. The predicted octanol–water partition coefficient (Wildman–Crippen LogP) is -0.0435. The van der Waals surface area contributed by atoms with Crippen LogP contribution in [0.3, 0.4) is 0 Å². The Bertz CT molecular complexity index is 11.7. The van der Waals surface area contributed by atoms with E-state index in [1.54, 1.807) is 0 Å². The molecule has 0 N–H and O–H groups in total. The standard InChI is InChI=1S/4FH.Na.Zn.Zr.H/h4*1H;;;;. The molecule has 0 aliphatic carbocycles. The number of hydrogen-bond acceptors (Lipinski definition) is 0. The van der Waals surface area contributed by atoms with Crippen LogP contribution in [-0.2, 0) is 45.7 Å². The Balaban J connectivity index is 0. The second-order valence-corrected chi connectivity index (χ2v) is 0. The van der Waals surface area contributed by atoms with Gasteiger partial charge < -0.3 is 0 Å². The molecule has 0 spiro atoms. The smallest absolute Gasteiger partial charge is 0 e. The second-order valence-electron chi connectivity index (χ2n) is 0. The van der Waals surface area contributed by atoms with Gasteiger partial charge in [-0.05, 0) is 0 Å². The van der Waals surface area contributed by atoms with E-state index >= 15 is 0 Å². The predicted molar refractivity (Wildman–Crippen MR) is 17.2 cm³/mol. The molecule has 0 aromatic rings. The summed E-state index contributed by atoms with van der Waals surface area (Å²) in [5, 5.41) is 0. The second kappa shape index (κ2) is 86.7. The van der Waals surface area contributed by atoms with Gasteiger partial charge in [0.15, 0.2) is 0 Å². The van der Waals surface area contributed by atoms with Crippen LogP contribution < -0.4 is 0 Å². The fourth-order valence-corrected chi connectivity index (χ4v) is 0. The van der Waals surface area contributed by atoms with Gasteiger partial charge in [0.2, 0.25) is 0 Å². The van der Waals surface area contributed by atoms with E-state index in [-0.39, 0.29) is 94.1 Å². The third-order valence-corrected chi connectivity index (χ3v) is 0. The summed E-state index contributed by atoms with van der Waals surface area (Å²) < 4.78 is 0. The molecule has 0 atom stereocenters. The Morgan fingerprint density at radius 2 is 0.571 bits per heavy atom. The van der Waals surface area contributed by atoms with Crippen molar-refractivity contribution in [2.45, 2.75) is 0 Å². The summed E-state index contributed by atoms with van der Waals surface area (Å²) in [7, 11) is 0. The quantitative estimate of drug-likeness (QED) is 0.423. The zero-order valence-electron chi connectivity index (χ0n) is 2.84. The van der Waals surface area contributed by atoms with Crippen LogP contribution in [0.5, 0.6) is 0 Å². The summed E-state index contributed by atoms with van der Waals surface area (Å²) in [5.41, 5.74) is 0. The average Bonchev–Trinajstić information content (AvgIpc) is 0. The Hall–Kier alpha value is 2.23. The van der Waals surface area contributed by atoms with Gasteiger partial charge in [-0.1, -0.05) is 0 Å². The fraction of sp³-hybridized carbons (Fsp3) is 0. The zero-order chi connectivity index (χ0) is 0. The largest absolute Gasteiger partial charge is 0 e. The van der Waals surface area contributed by atoms with Crippen LogP contribution >= 0.6 is 0 Å². The number of hydrogen-bond donors (Lipinski definition) is 0. The van der Waals surface area contributed by atoms with Crippen molar-refractivity contribution in [1.29, 1.82) is 0 Å². The fourth-order valence-electron chi connectivity index (χ4n) is 0. The minimum Gasteiger partial charge on any atom is 0 e. The van der Waals surface area contributed by atoms with Gasteiger partial charge in [-0.3, -0.25) is 18.8 Å². The van der Waals surface area contributed by atoms with E-state index in [0.29, 0.717) is 0 Å². The maximum Gasteiger partial charge on any atom is 0 e. The monoisotopic (exact) mass is 258 g/mol. The molecule has 7 heteroatoms. The summed E-state index contributed by atoms with van der Waals surface area (Å²) in [6, 6.07) is 0. The average molecular weight is 261 g/mol. The first-order valence-electron chi connectivity index (χ1n) is 0. The molecule has 0 aromatic carbocycles. The first-order chi connectivity index (χ1) is 0. The van der Waals surface area contributed by atoms with E-state index in [4.69, 9.17) is 0 Å². The van der Waals surface area contributed by atoms with Gasteiger partial charge >= 0.3 is 29.6 Å². The van der Waals surface area contributed by atoms with Crippen molar-refractivity contribution in [2.75, 3.05) is 0 Å². The number of halogens is 4. The third-order valence-electron chi connectivity index (χ3n) is 0. The van der Waals surface area contributed by atoms with E-state index in [9.17, 15) is 0 Å². The Labute approximate surface area is 92.8 Å². The van der Waals surface area contributed by atoms with Gasteiger partial charge in [0.1, 0.15) is 0 Å².